The molecule has 0 N–H and O–H groups in total. The number of carbonyl (C=O) groups is 2. The molecule has 0 radical (unpaired) electrons. The highest BCUT2D eigenvalue weighted by Crippen LogP contribution is 2.20. The number of hydrogen-bond donors (Lipinski definition) is 0. The largest absolute Gasteiger partial charge is 0.459 e. The Bertz CT molecular complexity index is 998. The van der Waals surface area contributed by atoms with Crippen LogP contribution in [0.3, 0.4) is 0 Å². The van der Waals surface area contributed by atoms with Crippen molar-refractivity contribution in [2.24, 2.45) is 0 Å². The Hall–Kier alpha value is -2.93. The van der Waals surface area contributed by atoms with Gasteiger partial charge in [-0.3, -0.25) is 9.59 Å². The molecule has 0 saturated carbocycles. The van der Waals surface area contributed by atoms with E-state index in [0.29, 0.717) is 19.5 Å². The van der Waals surface area contributed by atoms with Gasteiger partial charge in [0.05, 0.1) is 12.8 Å². The van der Waals surface area contributed by atoms with Crippen molar-refractivity contribution in [2.75, 3.05) is 6.54 Å². The van der Waals surface area contributed by atoms with Gasteiger partial charge in [-0.25, -0.2) is 4.39 Å². The van der Waals surface area contributed by atoms with E-state index in [1.807, 2.05) is 32.2 Å². The van der Waals surface area contributed by atoms with Crippen molar-refractivity contribution >= 4 is 23.2 Å². The first-order valence-electron chi connectivity index (χ1n) is 10.3. The van der Waals surface area contributed by atoms with Gasteiger partial charge in [-0.15, -0.1) is 11.3 Å². The van der Waals surface area contributed by atoms with Crippen molar-refractivity contribution in [1.29, 1.82) is 0 Å². The number of hydrogen-bond acceptors (Lipinski definition) is 4. The number of amides is 2. The number of benzene rings is 1. The molecule has 0 spiro atoms. The Morgan fingerprint density at radius 2 is 1.87 bits per heavy atom. The van der Waals surface area contributed by atoms with Crippen molar-refractivity contribution in [3.05, 3.63) is 81.7 Å². The summed E-state index contributed by atoms with van der Waals surface area (Å²) in [5.41, 5.74) is 1.95. The molecule has 0 fully saturated rings. The molecule has 2 heterocycles. The lowest BCUT2D eigenvalue weighted by atomic mass is 10.1. The highest BCUT2D eigenvalue weighted by Gasteiger charge is 2.27. The standard InChI is InChI=1S/C24H27FN2O3S/c1-4-18(3)27(24(29)21-6-5-12-30-21)16-23(28)26(15-22-17(2)11-13-31-22)14-19-7-9-20(25)10-8-19/h5-13,18H,4,14-16H2,1-3H3. The van der Waals surface area contributed by atoms with Crippen LogP contribution in [0.25, 0.3) is 0 Å². The molecular formula is C24H27FN2O3S. The molecule has 1 unspecified atom stereocenters. The fourth-order valence-electron chi connectivity index (χ4n) is 3.22. The third kappa shape index (κ3) is 5.82. The molecule has 7 heteroatoms. The van der Waals surface area contributed by atoms with Crippen LogP contribution in [0.5, 0.6) is 0 Å². The lowest BCUT2D eigenvalue weighted by molar-refractivity contribution is -0.133. The molecule has 1 aromatic carbocycles. The van der Waals surface area contributed by atoms with Gasteiger partial charge in [-0.2, -0.15) is 0 Å². The van der Waals surface area contributed by atoms with E-state index >= 15 is 0 Å². The first kappa shape index (κ1) is 22.7. The molecule has 0 saturated heterocycles. The molecule has 2 aromatic heterocycles. The van der Waals surface area contributed by atoms with Gasteiger partial charge in [-0.1, -0.05) is 19.1 Å². The molecular weight excluding hydrogens is 415 g/mol. The first-order valence-corrected chi connectivity index (χ1v) is 11.2. The van der Waals surface area contributed by atoms with Crippen molar-refractivity contribution in [3.8, 4) is 0 Å². The lowest BCUT2D eigenvalue weighted by Crippen LogP contribution is -2.46. The summed E-state index contributed by atoms with van der Waals surface area (Å²) in [7, 11) is 0. The number of furan rings is 1. The van der Waals surface area contributed by atoms with Crippen LogP contribution in [0, 0.1) is 12.7 Å². The van der Waals surface area contributed by atoms with E-state index in [-0.39, 0.29) is 36.0 Å². The van der Waals surface area contributed by atoms with E-state index in [2.05, 4.69) is 0 Å². The van der Waals surface area contributed by atoms with Crippen LogP contribution in [0.15, 0.2) is 58.5 Å². The Morgan fingerprint density at radius 3 is 2.45 bits per heavy atom. The monoisotopic (exact) mass is 442 g/mol. The van der Waals surface area contributed by atoms with Crippen molar-refractivity contribution in [1.82, 2.24) is 9.80 Å². The third-order valence-electron chi connectivity index (χ3n) is 5.36. The van der Waals surface area contributed by atoms with Crippen LogP contribution in [-0.4, -0.2) is 34.2 Å². The highest BCUT2D eigenvalue weighted by molar-refractivity contribution is 7.10. The summed E-state index contributed by atoms with van der Waals surface area (Å²) < 4.78 is 18.6. The summed E-state index contributed by atoms with van der Waals surface area (Å²) in [6.45, 7) is 6.62. The first-order chi connectivity index (χ1) is 14.9. The number of nitrogens with zero attached hydrogens (tertiary/aromatic N) is 2. The van der Waals surface area contributed by atoms with E-state index in [1.165, 1.54) is 18.4 Å². The molecule has 3 aromatic rings. The van der Waals surface area contributed by atoms with E-state index in [9.17, 15) is 14.0 Å². The molecule has 2 amide bonds. The predicted molar refractivity (Wildman–Crippen MR) is 119 cm³/mol. The fourth-order valence-corrected chi connectivity index (χ4v) is 4.14. The normalized spacial score (nSPS) is 11.9. The van der Waals surface area contributed by atoms with Crippen LogP contribution in [0.4, 0.5) is 4.39 Å². The zero-order valence-electron chi connectivity index (χ0n) is 18.0. The maximum Gasteiger partial charge on any atom is 0.290 e. The van der Waals surface area contributed by atoms with E-state index < -0.39 is 0 Å². The number of halogens is 1. The molecule has 0 aliphatic heterocycles. The molecule has 3 rings (SSSR count). The van der Waals surface area contributed by atoms with Gasteiger partial charge in [0.2, 0.25) is 5.91 Å². The summed E-state index contributed by atoms with van der Waals surface area (Å²) in [5, 5.41) is 2.00. The highest BCUT2D eigenvalue weighted by atomic mass is 32.1. The van der Waals surface area contributed by atoms with Crippen molar-refractivity contribution < 1.29 is 18.4 Å². The van der Waals surface area contributed by atoms with E-state index in [4.69, 9.17) is 4.42 Å². The molecule has 1 atom stereocenters. The minimum atomic E-state index is -0.317. The summed E-state index contributed by atoms with van der Waals surface area (Å²) in [4.78, 5) is 30.7. The number of thiophene rings is 1. The van der Waals surface area contributed by atoms with Crippen molar-refractivity contribution in [3.63, 3.8) is 0 Å². The van der Waals surface area contributed by atoms with Gasteiger partial charge in [0.25, 0.3) is 5.91 Å². The van der Waals surface area contributed by atoms with Gasteiger partial charge in [-0.05, 0) is 67.1 Å². The Balaban J connectivity index is 1.83. The second-order valence-electron chi connectivity index (χ2n) is 7.57. The quantitative estimate of drug-likeness (QED) is 0.454. The Labute approximate surface area is 186 Å². The molecule has 0 aliphatic rings. The molecule has 5 nitrogen and oxygen atoms in total. The average Bonchev–Trinajstić information content (AvgIpc) is 3.44. The predicted octanol–water partition coefficient (Wildman–Crippen LogP) is 5.26. The summed E-state index contributed by atoms with van der Waals surface area (Å²) >= 11 is 1.59. The average molecular weight is 443 g/mol. The zero-order valence-corrected chi connectivity index (χ0v) is 18.8. The molecule has 31 heavy (non-hydrogen) atoms. The minimum Gasteiger partial charge on any atom is -0.459 e. The maximum atomic E-state index is 13.4. The fraction of sp³-hybridized carbons (Fsp3) is 0.333. The maximum absolute atomic E-state index is 13.4. The third-order valence-corrected chi connectivity index (χ3v) is 6.37. The number of rotatable bonds is 9. The van der Waals surface area contributed by atoms with Crippen molar-refractivity contribution in [2.45, 2.75) is 46.3 Å². The van der Waals surface area contributed by atoms with E-state index in [1.54, 1.807) is 45.4 Å². The minimum absolute atomic E-state index is 0.0554. The number of aryl methyl sites for hydroxylation is 1. The van der Waals surface area contributed by atoms with Crippen LogP contribution >= 0.6 is 11.3 Å². The van der Waals surface area contributed by atoms with Gasteiger partial charge in [0.15, 0.2) is 5.76 Å². The molecule has 0 bridgehead atoms. The SMILES string of the molecule is CCC(C)N(CC(=O)N(Cc1ccc(F)cc1)Cc1sccc1C)C(=O)c1ccco1. The van der Waals surface area contributed by atoms with Gasteiger partial charge < -0.3 is 14.2 Å². The Morgan fingerprint density at radius 1 is 1.13 bits per heavy atom. The van der Waals surface area contributed by atoms with Crippen LogP contribution in [-0.2, 0) is 17.9 Å². The summed E-state index contributed by atoms with van der Waals surface area (Å²) in [6.07, 6.45) is 2.16. The van der Waals surface area contributed by atoms with Crippen LogP contribution in [0.2, 0.25) is 0 Å². The van der Waals surface area contributed by atoms with Gasteiger partial charge in [0, 0.05) is 17.5 Å². The van der Waals surface area contributed by atoms with E-state index in [0.717, 1.165) is 16.0 Å². The zero-order chi connectivity index (χ0) is 22.4. The summed E-state index contributed by atoms with van der Waals surface area (Å²) in [6, 6.07) is 11.3. The smallest absolute Gasteiger partial charge is 0.290 e. The second kappa shape index (κ2) is 10.4. The molecule has 164 valence electrons. The van der Waals surface area contributed by atoms with Crippen LogP contribution in [0.1, 0.15) is 46.8 Å². The number of carbonyl (C=O) groups excluding carboxylic acids is 2. The van der Waals surface area contributed by atoms with Gasteiger partial charge in [0.1, 0.15) is 12.4 Å². The Kier molecular flexibility index (Phi) is 7.63. The molecule has 0 aliphatic carbocycles. The summed E-state index contributed by atoms with van der Waals surface area (Å²) in [5.74, 6) is -0.575. The van der Waals surface area contributed by atoms with Gasteiger partial charge >= 0.3 is 0 Å². The second-order valence-corrected chi connectivity index (χ2v) is 8.57. The van der Waals surface area contributed by atoms with Crippen LogP contribution < -0.4 is 0 Å². The topological polar surface area (TPSA) is 53.8 Å². The lowest BCUT2D eigenvalue weighted by Gasteiger charge is -2.31.